The monoisotopic (exact) mass is 190 g/mol. The van der Waals surface area contributed by atoms with Crippen LogP contribution >= 0.6 is 11.6 Å². The van der Waals surface area contributed by atoms with E-state index in [1.165, 1.54) is 0 Å². The van der Waals surface area contributed by atoms with Crippen LogP contribution in [-0.2, 0) is 4.74 Å². The molecule has 0 radical (unpaired) electrons. The number of nitrogens with zero attached hydrogens (tertiary/aromatic N) is 1. The van der Waals surface area contributed by atoms with Crippen molar-refractivity contribution in [1.29, 1.82) is 0 Å². The molecule has 1 unspecified atom stereocenters. The topological polar surface area (TPSA) is 24.5 Å². The Morgan fingerprint density at radius 2 is 2.17 bits per heavy atom. The molecule has 0 aromatic rings. The lowest BCUT2D eigenvalue weighted by Crippen LogP contribution is -2.41. The third-order valence-corrected chi connectivity index (χ3v) is 1.87. The van der Waals surface area contributed by atoms with Crippen molar-refractivity contribution in [2.75, 3.05) is 26.3 Å². The third kappa shape index (κ3) is 2.91. The summed E-state index contributed by atoms with van der Waals surface area (Å²) in [5.41, 5.74) is -0.0691. The Bertz CT molecular complexity index is 155. The molecule has 0 aliphatic carbocycles. The Labute approximate surface area is 78.3 Å². The first-order valence-electron chi connectivity index (χ1n) is 4.12. The minimum absolute atomic E-state index is 0.0691. The van der Waals surface area contributed by atoms with Gasteiger partial charge in [-0.2, -0.15) is 0 Å². The standard InChI is InChI=1S/C8H15ClN2O/c1-7(9)10-8(2)11-3-5-12-6-4-11/h7,10H,2-6H2,1H3. The van der Waals surface area contributed by atoms with Gasteiger partial charge in [0.1, 0.15) is 0 Å². The van der Waals surface area contributed by atoms with E-state index in [1.54, 1.807) is 0 Å². The third-order valence-electron chi connectivity index (χ3n) is 1.76. The maximum Gasteiger partial charge on any atom is 0.0995 e. The first-order chi connectivity index (χ1) is 5.70. The summed E-state index contributed by atoms with van der Waals surface area (Å²) in [6.45, 7) is 9.12. The average molecular weight is 191 g/mol. The molecule has 4 heteroatoms. The first-order valence-corrected chi connectivity index (χ1v) is 4.56. The highest BCUT2D eigenvalue weighted by atomic mass is 35.5. The van der Waals surface area contributed by atoms with Crippen LogP contribution in [0.5, 0.6) is 0 Å². The van der Waals surface area contributed by atoms with E-state index in [1.807, 2.05) is 6.92 Å². The van der Waals surface area contributed by atoms with Crippen LogP contribution < -0.4 is 5.32 Å². The Kier molecular flexibility index (Phi) is 3.69. The fourth-order valence-electron chi connectivity index (χ4n) is 1.15. The summed E-state index contributed by atoms with van der Waals surface area (Å²) in [4.78, 5) is 2.14. The van der Waals surface area contributed by atoms with Gasteiger partial charge in [0.2, 0.25) is 0 Å². The smallest absolute Gasteiger partial charge is 0.0995 e. The zero-order valence-corrected chi connectivity index (χ0v) is 8.10. The second-order valence-corrected chi connectivity index (χ2v) is 3.46. The van der Waals surface area contributed by atoms with Gasteiger partial charge < -0.3 is 15.0 Å². The van der Waals surface area contributed by atoms with Gasteiger partial charge in [-0.3, -0.25) is 0 Å². The van der Waals surface area contributed by atoms with E-state index in [0.29, 0.717) is 0 Å². The van der Waals surface area contributed by atoms with Crippen molar-refractivity contribution in [3.05, 3.63) is 12.4 Å². The number of hydrogen-bond acceptors (Lipinski definition) is 3. The fraction of sp³-hybridized carbons (Fsp3) is 0.750. The van der Waals surface area contributed by atoms with E-state index in [0.717, 1.165) is 32.1 Å². The summed E-state index contributed by atoms with van der Waals surface area (Å²) >= 11 is 5.76. The minimum atomic E-state index is -0.0691. The van der Waals surface area contributed by atoms with Gasteiger partial charge in [-0.15, -0.1) is 0 Å². The molecule has 0 bridgehead atoms. The molecule has 1 atom stereocenters. The van der Waals surface area contributed by atoms with Crippen LogP contribution in [0.4, 0.5) is 0 Å². The number of rotatable bonds is 3. The lowest BCUT2D eigenvalue weighted by Gasteiger charge is -2.31. The lowest BCUT2D eigenvalue weighted by atomic mass is 10.4. The van der Waals surface area contributed by atoms with Crippen LogP contribution in [0.1, 0.15) is 6.92 Å². The molecule has 1 aliphatic heterocycles. The summed E-state index contributed by atoms with van der Waals surface area (Å²) < 4.78 is 5.21. The summed E-state index contributed by atoms with van der Waals surface area (Å²) in [5, 5.41) is 3.05. The predicted octanol–water partition coefficient (Wildman–Crippen LogP) is 0.964. The van der Waals surface area contributed by atoms with Gasteiger partial charge >= 0.3 is 0 Å². The molecule has 1 heterocycles. The predicted molar refractivity (Wildman–Crippen MR) is 50.0 cm³/mol. The molecule has 12 heavy (non-hydrogen) atoms. The van der Waals surface area contributed by atoms with E-state index in [-0.39, 0.29) is 5.50 Å². The molecule has 0 aromatic carbocycles. The zero-order valence-electron chi connectivity index (χ0n) is 7.35. The van der Waals surface area contributed by atoms with Gasteiger partial charge in [0, 0.05) is 13.1 Å². The van der Waals surface area contributed by atoms with Crippen LogP contribution in [0, 0.1) is 0 Å². The molecule has 1 aliphatic rings. The summed E-state index contributed by atoms with van der Waals surface area (Å²) in [6, 6.07) is 0. The molecule has 1 saturated heterocycles. The maximum atomic E-state index is 5.76. The SMILES string of the molecule is C=C(NC(C)Cl)N1CCOCC1. The molecule has 1 rings (SSSR count). The van der Waals surface area contributed by atoms with Gasteiger partial charge in [-0.05, 0) is 6.92 Å². The van der Waals surface area contributed by atoms with Gasteiger partial charge in [0.05, 0.1) is 24.5 Å². The van der Waals surface area contributed by atoms with E-state index in [9.17, 15) is 0 Å². The van der Waals surface area contributed by atoms with Crippen molar-refractivity contribution in [3.8, 4) is 0 Å². The van der Waals surface area contributed by atoms with Crippen LogP contribution in [0.2, 0.25) is 0 Å². The minimum Gasteiger partial charge on any atom is -0.378 e. The second-order valence-electron chi connectivity index (χ2n) is 2.81. The zero-order chi connectivity index (χ0) is 8.97. The highest BCUT2D eigenvalue weighted by Gasteiger charge is 2.12. The fourth-order valence-corrected chi connectivity index (χ4v) is 1.28. The Morgan fingerprint density at radius 1 is 1.58 bits per heavy atom. The summed E-state index contributed by atoms with van der Waals surface area (Å²) in [6.07, 6.45) is 0. The van der Waals surface area contributed by atoms with Crippen LogP contribution in [0.3, 0.4) is 0 Å². The van der Waals surface area contributed by atoms with Crippen molar-refractivity contribution in [3.63, 3.8) is 0 Å². The molecule has 0 amide bonds. The number of ether oxygens (including phenoxy) is 1. The highest BCUT2D eigenvalue weighted by molar-refractivity contribution is 6.20. The largest absolute Gasteiger partial charge is 0.378 e. The molecule has 0 spiro atoms. The quantitative estimate of drug-likeness (QED) is 0.530. The Morgan fingerprint density at radius 3 is 2.67 bits per heavy atom. The molecule has 0 saturated carbocycles. The van der Waals surface area contributed by atoms with Crippen molar-refractivity contribution in [2.24, 2.45) is 0 Å². The normalized spacial score (nSPS) is 20.3. The van der Waals surface area contributed by atoms with E-state index < -0.39 is 0 Å². The number of nitrogens with one attached hydrogen (secondary N) is 1. The van der Waals surface area contributed by atoms with E-state index >= 15 is 0 Å². The Balaban J connectivity index is 2.30. The van der Waals surface area contributed by atoms with Crippen LogP contribution in [0.15, 0.2) is 12.4 Å². The molecule has 3 nitrogen and oxygen atoms in total. The summed E-state index contributed by atoms with van der Waals surface area (Å²) in [5.74, 6) is 0.890. The number of morpholine rings is 1. The van der Waals surface area contributed by atoms with Gasteiger partial charge in [0.15, 0.2) is 0 Å². The summed E-state index contributed by atoms with van der Waals surface area (Å²) in [7, 11) is 0. The van der Waals surface area contributed by atoms with Crippen molar-refractivity contribution in [1.82, 2.24) is 10.2 Å². The molecular weight excluding hydrogens is 176 g/mol. The highest BCUT2D eigenvalue weighted by Crippen LogP contribution is 2.04. The number of halogens is 1. The van der Waals surface area contributed by atoms with Gasteiger partial charge in [-0.25, -0.2) is 0 Å². The van der Waals surface area contributed by atoms with Crippen LogP contribution in [0.25, 0.3) is 0 Å². The number of hydrogen-bond donors (Lipinski definition) is 1. The van der Waals surface area contributed by atoms with Crippen molar-refractivity contribution in [2.45, 2.75) is 12.4 Å². The molecule has 0 aromatic heterocycles. The van der Waals surface area contributed by atoms with Gasteiger partial charge in [-0.1, -0.05) is 18.2 Å². The molecule has 1 N–H and O–H groups in total. The second kappa shape index (κ2) is 4.58. The van der Waals surface area contributed by atoms with Crippen LogP contribution in [-0.4, -0.2) is 36.7 Å². The van der Waals surface area contributed by atoms with Gasteiger partial charge in [0.25, 0.3) is 0 Å². The maximum absolute atomic E-state index is 5.76. The van der Waals surface area contributed by atoms with E-state index in [2.05, 4.69) is 16.8 Å². The van der Waals surface area contributed by atoms with E-state index in [4.69, 9.17) is 16.3 Å². The lowest BCUT2D eigenvalue weighted by molar-refractivity contribution is 0.0505. The molecule has 70 valence electrons. The molecule has 1 fully saturated rings. The average Bonchev–Trinajstić information content (AvgIpc) is 2.05. The number of alkyl halides is 1. The van der Waals surface area contributed by atoms with Crippen molar-refractivity contribution < 1.29 is 4.74 Å². The molecular formula is C8H15ClN2O. The van der Waals surface area contributed by atoms with Crippen molar-refractivity contribution >= 4 is 11.6 Å². The first kappa shape index (κ1) is 9.68. The Hall–Kier alpha value is -0.410.